The molecule has 0 radical (unpaired) electrons. The van der Waals surface area contributed by atoms with E-state index in [2.05, 4.69) is 10.3 Å². The Bertz CT molecular complexity index is 421. The van der Waals surface area contributed by atoms with Crippen LogP contribution in [0.3, 0.4) is 0 Å². The third-order valence-corrected chi connectivity index (χ3v) is 4.19. The molecule has 2 heterocycles. The van der Waals surface area contributed by atoms with E-state index in [4.69, 9.17) is 0 Å². The fourth-order valence-corrected chi connectivity index (χ4v) is 2.85. The van der Waals surface area contributed by atoms with E-state index in [0.29, 0.717) is 18.0 Å². The van der Waals surface area contributed by atoms with Gasteiger partial charge < -0.3 is 15.3 Å². The standard InChI is InChI=1S/C12H19N3O2S/c1-3-13-12-14-6-10(18-12)11(17)15-5-4-8(2)9(16)7-15/h6,8-9,16H,3-5,7H2,1-2H3,(H,13,14). The number of aliphatic hydroxyl groups excluding tert-OH is 1. The van der Waals surface area contributed by atoms with Crippen LogP contribution in [-0.2, 0) is 0 Å². The minimum Gasteiger partial charge on any atom is -0.391 e. The van der Waals surface area contributed by atoms with Crippen LogP contribution in [0.15, 0.2) is 6.20 Å². The summed E-state index contributed by atoms with van der Waals surface area (Å²) >= 11 is 1.37. The fourth-order valence-electron chi connectivity index (χ4n) is 2.00. The summed E-state index contributed by atoms with van der Waals surface area (Å²) in [5, 5.41) is 13.7. The van der Waals surface area contributed by atoms with Crippen LogP contribution in [0.2, 0.25) is 0 Å². The Hall–Kier alpha value is -1.14. The number of nitrogens with zero attached hydrogens (tertiary/aromatic N) is 2. The van der Waals surface area contributed by atoms with Crippen molar-refractivity contribution >= 4 is 22.4 Å². The van der Waals surface area contributed by atoms with Crippen molar-refractivity contribution in [2.75, 3.05) is 25.0 Å². The molecule has 100 valence electrons. The van der Waals surface area contributed by atoms with E-state index >= 15 is 0 Å². The Morgan fingerprint density at radius 3 is 3.17 bits per heavy atom. The predicted octanol–water partition coefficient (Wildman–Crippen LogP) is 1.42. The molecule has 1 amide bonds. The van der Waals surface area contributed by atoms with Gasteiger partial charge in [-0.1, -0.05) is 18.3 Å². The van der Waals surface area contributed by atoms with Crippen LogP contribution >= 0.6 is 11.3 Å². The van der Waals surface area contributed by atoms with Crippen molar-refractivity contribution < 1.29 is 9.90 Å². The van der Waals surface area contributed by atoms with Gasteiger partial charge >= 0.3 is 0 Å². The van der Waals surface area contributed by atoms with Gasteiger partial charge in [0.25, 0.3) is 5.91 Å². The average molecular weight is 269 g/mol. The highest BCUT2D eigenvalue weighted by atomic mass is 32.1. The van der Waals surface area contributed by atoms with Crippen molar-refractivity contribution in [2.45, 2.75) is 26.4 Å². The summed E-state index contributed by atoms with van der Waals surface area (Å²) in [4.78, 5) is 18.7. The summed E-state index contributed by atoms with van der Waals surface area (Å²) in [6.07, 6.45) is 2.05. The van der Waals surface area contributed by atoms with Crippen molar-refractivity contribution in [3.8, 4) is 0 Å². The van der Waals surface area contributed by atoms with Gasteiger partial charge in [-0.2, -0.15) is 0 Å². The average Bonchev–Trinajstić information content (AvgIpc) is 2.81. The number of nitrogens with one attached hydrogen (secondary N) is 1. The van der Waals surface area contributed by atoms with Gasteiger partial charge in [0.05, 0.1) is 12.3 Å². The molecule has 0 spiro atoms. The van der Waals surface area contributed by atoms with Gasteiger partial charge in [0, 0.05) is 19.6 Å². The van der Waals surface area contributed by atoms with Gasteiger partial charge in [-0.25, -0.2) is 4.98 Å². The molecule has 1 aromatic heterocycles. The second-order valence-electron chi connectivity index (χ2n) is 4.64. The number of piperidine rings is 1. The first-order valence-electron chi connectivity index (χ1n) is 6.28. The predicted molar refractivity (Wildman–Crippen MR) is 72.0 cm³/mol. The Balaban J connectivity index is 2.02. The number of carbonyl (C=O) groups excluding carboxylic acids is 1. The summed E-state index contributed by atoms with van der Waals surface area (Å²) in [6, 6.07) is 0. The number of amides is 1. The second-order valence-corrected chi connectivity index (χ2v) is 5.68. The molecule has 0 saturated carbocycles. The number of carbonyl (C=O) groups is 1. The molecule has 1 fully saturated rings. The Kier molecular flexibility index (Phi) is 4.19. The summed E-state index contributed by atoms with van der Waals surface area (Å²) in [5.41, 5.74) is 0. The highest BCUT2D eigenvalue weighted by Crippen LogP contribution is 2.23. The number of anilines is 1. The van der Waals surface area contributed by atoms with E-state index in [9.17, 15) is 9.90 Å². The minimum atomic E-state index is -0.413. The molecule has 1 saturated heterocycles. The van der Waals surface area contributed by atoms with Gasteiger partial charge in [-0.3, -0.25) is 4.79 Å². The Labute approximate surface area is 111 Å². The first kappa shape index (κ1) is 13.3. The number of aromatic nitrogens is 1. The summed E-state index contributed by atoms with van der Waals surface area (Å²) in [5.74, 6) is 0.246. The number of likely N-dealkylation sites (tertiary alicyclic amines) is 1. The molecule has 2 unspecified atom stereocenters. The fraction of sp³-hybridized carbons (Fsp3) is 0.667. The molecular formula is C12H19N3O2S. The molecule has 0 bridgehead atoms. The van der Waals surface area contributed by atoms with E-state index in [1.165, 1.54) is 11.3 Å². The Morgan fingerprint density at radius 2 is 2.50 bits per heavy atom. The number of β-amino-alcohol motifs (C(OH)–C–C–N with tert-alkyl or cyclic N) is 1. The maximum Gasteiger partial charge on any atom is 0.265 e. The zero-order chi connectivity index (χ0) is 13.1. The normalized spacial score (nSPS) is 24.1. The molecule has 0 aromatic carbocycles. The van der Waals surface area contributed by atoms with E-state index in [1.54, 1.807) is 11.1 Å². The third-order valence-electron chi connectivity index (χ3n) is 3.25. The zero-order valence-corrected chi connectivity index (χ0v) is 11.5. The molecule has 5 nitrogen and oxygen atoms in total. The van der Waals surface area contributed by atoms with E-state index in [1.807, 2.05) is 13.8 Å². The van der Waals surface area contributed by atoms with Crippen LogP contribution in [0.5, 0.6) is 0 Å². The van der Waals surface area contributed by atoms with Crippen molar-refractivity contribution in [3.63, 3.8) is 0 Å². The lowest BCUT2D eigenvalue weighted by molar-refractivity contribution is 0.0251. The minimum absolute atomic E-state index is 0.0254. The number of aliphatic hydroxyl groups is 1. The SMILES string of the molecule is CCNc1ncc(C(=O)N2CCC(C)C(O)C2)s1. The lowest BCUT2D eigenvalue weighted by Gasteiger charge is -2.33. The molecule has 2 N–H and O–H groups in total. The molecule has 2 rings (SSSR count). The topological polar surface area (TPSA) is 65.5 Å². The lowest BCUT2D eigenvalue weighted by atomic mass is 9.96. The highest BCUT2D eigenvalue weighted by Gasteiger charge is 2.28. The first-order valence-corrected chi connectivity index (χ1v) is 7.10. The lowest BCUT2D eigenvalue weighted by Crippen LogP contribution is -2.45. The summed E-state index contributed by atoms with van der Waals surface area (Å²) in [6.45, 7) is 5.94. The molecule has 1 aliphatic heterocycles. The number of rotatable bonds is 3. The van der Waals surface area contributed by atoms with Crippen molar-refractivity contribution in [1.29, 1.82) is 0 Å². The molecule has 1 aromatic rings. The summed E-state index contributed by atoms with van der Waals surface area (Å²) in [7, 11) is 0. The van der Waals surface area contributed by atoms with Crippen molar-refractivity contribution in [3.05, 3.63) is 11.1 Å². The van der Waals surface area contributed by atoms with Crippen LogP contribution in [0.25, 0.3) is 0 Å². The van der Waals surface area contributed by atoms with Crippen LogP contribution in [0.4, 0.5) is 5.13 Å². The molecule has 2 atom stereocenters. The smallest absolute Gasteiger partial charge is 0.265 e. The van der Waals surface area contributed by atoms with Crippen molar-refractivity contribution in [2.24, 2.45) is 5.92 Å². The molecule has 1 aliphatic rings. The maximum absolute atomic E-state index is 12.2. The third kappa shape index (κ3) is 2.81. The number of thiazole rings is 1. The highest BCUT2D eigenvalue weighted by molar-refractivity contribution is 7.17. The molecular weight excluding hydrogens is 250 g/mol. The zero-order valence-electron chi connectivity index (χ0n) is 10.7. The largest absolute Gasteiger partial charge is 0.391 e. The molecule has 18 heavy (non-hydrogen) atoms. The van der Waals surface area contributed by atoms with Gasteiger partial charge in [-0.15, -0.1) is 0 Å². The van der Waals surface area contributed by atoms with E-state index < -0.39 is 6.10 Å². The second kappa shape index (κ2) is 5.67. The summed E-state index contributed by atoms with van der Waals surface area (Å²) < 4.78 is 0. The number of hydrogen-bond donors (Lipinski definition) is 2. The molecule has 6 heteroatoms. The van der Waals surface area contributed by atoms with Crippen molar-refractivity contribution in [1.82, 2.24) is 9.88 Å². The van der Waals surface area contributed by atoms with Gasteiger partial charge in [0.1, 0.15) is 4.88 Å². The monoisotopic (exact) mass is 269 g/mol. The first-order chi connectivity index (χ1) is 8.61. The van der Waals surface area contributed by atoms with Gasteiger partial charge in [0.2, 0.25) is 0 Å². The maximum atomic E-state index is 12.2. The Morgan fingerprint density at radius 1 is 1.72 bits per heavy atom. The van der Waals surface area contributed by atoms with E-state index in [-0.39, 0.29) is 11.8 Å². The number of hydrogen-bond acceptors (Lipinski definition) is 5. The van der Waals surface area contributed by atoms with Gasteiger partial charge in [0.15, 0.2) is 5.13 Å². The van der Waals surface area contributed by atoms with Crippen LogP contribution in [-0.4, -0.2) is 46.6 Å². The van der Waals surface area contributed by atoms with E-state index in [0.717, 1.165) is 18.1 Å². The van der Waals surface area contributed by atoms with Crippen LogP contribution in [0, 0.1) is 5.92 Å². The van der Waals surface area contributed by atoms with Crippen LogP contribution in [0.1, 0.15) is 29.9 Å². The van der Waals surface area contributed by atoms with Gasteiger partial charge in [-0.05, 0) is 19.3 Å². The quantitative estimate of drug-likeness (QED) is 0.871. The van der Waals surface area contributed by atoms with Crippen LogP contribution < -0.4 is 5.32 Å². The molecule has 0 aliphatic carbocycles.